The Hall–Kier alpha value is -2.95. The second kappa shape index (κ2) is 9.90. The first kappa shape index (κ1) is 21.3. The molecule has 0 spiro atoms. The van der Waals surface area contributed by atoms with E-state index in [9.17, 15) is 5.11 Å². The molecule has 0 bridgehead atoms. The van der Waals surface area contributed by atoms with Gasteiger partial charge in [-0.3, -0.25) is 0 Å². The standard InChI is InChI=1S/C20H19BrClN7O2/c21-14-1-6-17(30)13(11-14)12-23-28-19-25-18(24-16-4-2-15(22)3-5-16)26-20(27-19)29-7-9-31-10-8-29/h1-6,11-12,30H,7-10H2,(H2,24,25,26,27,28)/b23-12+. The number of halogens is 2. The monoisotopic (exact) mass is 503 g/mol. The number of aromatic hydroxyl groups is 1. The molecule has 9 nitrogen and oxygen atoms in total. The van der Waals surface area contributed by atoms with E-state index in [1.807, 2.05) is 17.0 Å². The molecule has 0 aliphatic carbocycles. The first-order valence-electron chi connectivity index (χ1n) is 9.46. The van der Waals surface area contributed by atoms with Gasteiger partial charge in [-0.2, -0.15) is 20.1 Å². The number of nitrogens with one attached hydrogen (secondary N) is 2. The summed E-state index contributed by atoms with van der Waals surface area (Å²) in [6.45, 7) is 2.57. The maximum atomic E-state index is 9.96. The molecular weight excluding hydrogens is 486 g/mol. The summed E-state index contributed by atoms with van der Waals surface area (Å²) in [6.07, 6.45) is 1.49. The van der Waals surface area contributed by atoms with Crippen LogP contribution in [0.2, 0.25) is 5.02 Å². The summed E-state index contributed by atoms with van der Waals surface area (Å²) in [6, 6.07) is 12.3. The quantitative estimate of drug-likeness (QED) is 0.341. The van der Waals surface area contributed by atoms with Crippen LogP contribution in [0.1, 0.15) is 5.56 Å². The summed E-state index contributed by atoms with van der Waals surface area (Å²) in [4.78, 5) is 15.4. The Morgan fingerprint density at radius 1 is 1.06 bits per heavy atom. The van der Waals surface area contributed by atoms with Crippen molar-refractivity contribution in [3.8, 4) is 5.75 Å². The first-order valence-corrected chi connectivity index (χ1v) is 10.6. The van der Waals surface area contributed by atoms with E-state index < -0.39 is 0 Å². The molecule has 160 valence electrons. The highest BCUT2D eigenvalue weighted by Crippen LogP contribution is 2.22. The minimum Gasteiger partial charge on any atom is -0.507 e. The van der Waals surface area contributed by atoms with Gasteiger partial charge in [0.2, 0.25) is 17.8 Å². The molecule has 1 saturated heterocycles. The van der Waals surface area contributed by atoms with E-state index in [-0.39, 0.29) is 11.7 Å². The predicted molar refractivity (Wildman–Crippen MR) is 125 cm³/mol. The van der Waals surface area contributed by atoms with Crippen molar-refractivity contribution in [1.82, 2.24) is 15.0 Å². The number of anilines is 4. The summed E-state index contributed by atoms with van der Waals surface area (Å²) < 4.78 is 6.25. The van der Waals surface area contributed by atoms with Crippen LogP contribution in [0.5, 0.6) is 5.75 Å². The Morgan fingerprint density at radius 3 is 2.58 bits per heavy atom. The number of rotatable bonds is 6. The van der Waals surface area contributed by atoms with Gasteiger partial charge in [-0.15, -0.1) is 0 Å². The van der Waals surface area contributed by atoms with Gasteiger partial charge in [-0.1, -0.05) is 27.5 Å². The van der Waals surface area contributed by atoms with Gasteiger partial charge < -0.3 is 20.1 Å². The van der Waals surface area contributed by atoms with Crippen LogP contribution >= 0.6 is 27.5 Å². The molecule has 0 unspecified atom stereocenters. The molecule has 0 saturated carbocycles. The average molecular weight is 505 g/mol. The summed E-state index contributed by atoms with van der Waals surface area (Å²) in [5.74, 6) is 1.25. The molecule has 3 aromatic rings. The van der Waals surface area contributed by atoms with Gasteiger partial charge in [0.15, 0.2) is 0 Å². The van der Waals surface area contributed by atoms with E-state index in [1.54, 1.807) is 30.3 Å². The van der Waals surface area contributed by atoms with E-state index in [2.05, 4.69) is 46.7 Å². The van der Waals surface area contributed by atoms with E-state index in [0.29, 0.717) is 48.8 Å². The largest absolute Gasteiger partial charge is 0.507 e. The Kier molecular flexibility index (Phi) is 6.80. The zero-order valence-corrected chi connectivity index (χ0v) is 18.6. The number of hydrogen-bond donors (Lipinski definition) is 3. The summed E-state index contributed by atoms with van der Waals surface area (Å²) >= 11 is 9.33. The van der Waals surface area contributed by atoms with Crippen LogP contribution < -0.4 is 15.6 Å². The molecule has 1 fully saturated rings. The minimum absolute atomic E-state index is 0.114. The maximum Gasteiger partial charge on any atom is 0.250 e. The van der Waals surface area contributed by atoms with Gasteiger partial charge in [0, 0.05) is 33.8 Å². The smallest absolute Gasteiger partial charge is 0.250 e. The summed E-state index contributed by atoms with van der Waals surface area (Å²) in [5.41, 5.74) is 4.15. The van der Waals surface area contributed by atoms with Crippen molar-refractivity contribution in [1.29, 1.82) is 0 Å². The number of phenolic OH excluding ortho intramolecular Hbond substituents is 1. The van der Waals surface area contributed by atoms with E-state index >= 15 is 0 Å². The Balaban J connectivity index is 1.58. The van der Waals surface area contributed by atoms with Gasteiger partial charge in [0.05, 0.1) is 19.4 Å². The molecule has 0 radical (unpaired) electrons. The number of benzene rings is 2. The van der Waals surface area contributed by atoms with Crippen LogP contribution in [0, 0.1) is 0 Å². The van der Waals surface area contributed by atoms with Crippen LogP contribution in [0.3, 0.4) is 0 Å². The fraction of sp³-hybridized carbons (Fsp3) is 0.200. The molecule has 0 amide bonds. The van der Waals surface area contributed by atoms with Gasteiger partial charge in [0.25, 0.3) is 0 Å². The highest BCUT2D eigenvalue weighted by molar-refractivity contribution is 9.10. The van der Waals surface area contributed by atoms with Crippen molar-refractivity contribution in [3.05, 3.63) is 57.5 Å². The lowest BCUT2D eigenvalue weighted by molar-refractivity contribution is 0.122. The second-order valence-electron chi connectivity index (χ2n) is 6.59. The topological polar surface area (TPSA) is 108 Å². The normalized spacial score (nSPS) is 14.1. The molecule has 11 heteroatoms. The van der Waals surface area contributed by atoms with Crippen LogP contribution in [-0.4, -0.2) is 52.6 Å². The lowest BCUT2D eigenvalue weighted by Gasteiger charge is -2.27. The third-order valence-electron chi connectivity index (χ3n) is 4.38. The third-order valence-corrected chi connectivity index (χ3v) is 5.12. The maximum absolute atomic E-state index is 9.96. The number of ether oxygens (including phenoxy) is 1. The third kappa shape index (κ3) is 5.81. The fourth-order valence-electron chi connectivity index (χ4n) is 2.83. The van der Waals surface area contributed by atoms with Gasteiger partial charge in [-0.05, 0) is 42.5 Å². The van der Waals surface area contributed by atoms with Crippen LogP contribution in [0.25, 0.3) is 0 Å². The minimum atomic E-state index is 0.114. The lowest BCUT2D eigenvalue weighted by atomic mass is 10.2. The van der Waals surface area contributed by atoms with Crippen molar-refractivity contribution < 1.29 is 9.84 Å². The molecule has 1 aromatic heterocycles. The molecule has 1 aliphatic heterocycles. The molecule has 0 atom stereocenters. The van der Waals surface area contributed by atoms with Crippen molar-refractivity contribution in [2.45, 2.75) is 0 Å². The molecule has 2 aromatic carbocycles. The van der Waals surface area contributed by atoms with E-state index in [1.165, 1.54) is 6.21 Å². The highest BCUT2D eigenvalue weighted by Gasteiger charge is 2.16. The number of hydrogen-bond acceptors (Lipinski definition) is 9. The molecule has 31 heavy (non-hydrogen) atoms. The summed E-state index contributed by atoms with van der Waals surface area (Å²) in [7, 11) is 0. The summed E-state index contributed by atoms with van der Waals surface area (Å²) in [5, 5.41) is 17.9. The highest BCUT2D eigenvalue weighted by atomic mass is 79.9. The van der Waals surface area contributed by atoms with Crippen molar-refractivity contribution >= 4 is 57.3 Å². The van der Waals surface area contributed by atoms with Crippen LogP contribution in [0.4, 0.5) is 23.5 Å². The van der Waals surface area contributed by atoms with E-state index in [4.69, 9.17) is 16.3 Å². The molecule has 4 rings (SSSR count). The number of nitrogens with zero attached hydrogens (tertiary/aromatic N) is 5. The molecule has 3 N–H and O–H groups in total. The Labute approximate surface area is 192 Å². The zero-order valence-electron chi connectivity index (χ0n) is 16.3. The fourth-order valence-corrected chi connectivity index (χ4v) is 3.33. The van der Waals surface area contributed by atoms with Crippen LogP contribution in [-0.2, 0) is 4.74 Å². The number of aromatic nitrogens is 3. The molecular formula is C20H19BrClN7O2. The van der Waals surface area contributed by atoms with Crippen molar-refractivity contribution in [2.75, 3.05) is 41.9 Å². The number of phenols is 1. The molecule has 1 aliphatic rings. The van der Waals surface area contributed by atoms with E-state index in [0.717, 1.165) is 10.2 Å². The van der Waals surface area contributed by atoms with Crippen molar-refractivity contribution in [3.63, 3.8) is 0 Å². The number of morpholine rings is 1. The first-order chi connectivity index (χ1) is 15.1. The van der Waals surface area contributed by atoms with Gasteiger partial charge in [-0.25, -0.2) is 5.43 Å². The van der Waals surface area contributed by atoms with Crippen molar-refractivity contribution in [2.24, 2.45) is 5.10 Å². The lowest BCUT2D eigenvalue weighted by Crippen LogP contribution is -2.37. The molecule has 2 heterocycles. The van der Waals surface area contributed by atoms with Gasteiger partial charge in [0.1, 0.15) is 5.75 Å². The Bertz CT molecular complexity index is 1080. The van der Waals surface area contributed by atoms with Crippen LogP contribution in [0.15, 0.2) is 52.0 Å². The predicted octanol–water partition coefficient (Wildman–Crippen LogP) is 4.02. The van der Waals surface area contributed by atoms with Gasteiger partial charge >= 0.3 is 0 Å². The average Bonchev–Trinajstić information content (AvgIpc) is 2.78. The SMILES string of the molecule is Oc1ccc(Br)cc1/C=N/Nc1nc(Nc2ccc(Cl)cc2)nc(N2CCOCC2)n1. The second-order valence-corrected chi connectivity index (χ2v) is 7.94. The zero-order chi connectivity index (χ0) is 21.6. The Morgan fingerprint density at radius 2 is 1.81 bits per heavy atom. The number of hydrazone groups is 1.